The summed E-state index contributed by atoms with van der Waals surface area (Å²) in [5, 5.41) is 0. The maximum Gasteiger partial charge on any atom is 0.411 e. The molecule has 0 bridgehead atoms. The molecule has 33 heavy (non-hydrogen) atoms. The van der Waals surface area contributed by atoms with E-state index in [1.807, 2.05) is 19.1 Å². The fourth-order valence-corrected chi connectivity index (χ4v) is 4.03. The number of carbonyl (C=O) groups excluding carboxylic acids is 2. The molecule has 3 rings (SSSR count). The maximum absolute atomic E-state index is 14.3. The number of aryl methyl sites for hydroxylation is 1. The Labute approximate surface area is 194 Å². The molecule has 0 aromatic heterocycles. The molecule has 1 fully saturated rings. The van der Waals surface area contributed by atoms with Crippen LogP contribution in [0.5, 0.6) is 0 Å². The molecule has 0 spiro atoms. The Morgan fingerprint density at radius 1 is 1.15 bits per heavy atom. The number of ether oxygens (including phenoxy) is 1. The van der Waals surface area contributed by atoms with Crippen molar-refractivity contribution in [2.45, 2.75) is 58.6 Å². The van der Waals surface area contributed by atoms with Crippen molar-refractivity contribution < 1.29 is 23.1 Å². The molecule has 0 N–H and O–H groups in total. The number of rotatable bonds is 5. The van der Waals surface area contributed by atoms with Gasteiger partial charge < -0.3 is 9.64 Å². The predicted molar refractivity (Wildman–Crippen MR) is 123 cm³/mol. The van der Waals surface area contributed by atoms with E-state index in [-0.39, 0.29) is 30.5 Å². The molecule has 0 radical (unpaired) electrons. The Morgan fingerprint density at radius 3 is 2.58 bits per heavy atom. The molecule has 1 atom stereocenters. The number of likely N-dealkylation sites (tertiary alicyclic amines) is 1. The quantitative estimate of drug-likeness (QED) is 0.602. The van der Waals surface area contributed by atoms with Crippen molar-refractivity contribution in [1.29, 1.82) is 0 Å². The van der Waals surface area contributed by atoms with E-state index >= 15 is 0 Å². The van der Waals surface area contributed by atoms with Crippen LogP contribution in [-0.2, 0) is 16.1 Å². The predicted octanol–water partition coefficient (Wildman–Crippen LogP) is 5.42. The monoisotopic (exact) mass is 458 g/mol. The second-order valence-electron chi connectivity index (χ2n) is 9.67. The van der Waals surface area contributed by atoms with Crippen molar-refractivity contribution in [3.05, 3.63) is 70.8 Å². The lowest BCUT2D eigenvalue weighted by atomic mass is 9.90. The van der Waals surface area contributed by atoms with Gasteiger partial charge in [-0.15, -0.1) is 0 Å². The van der Waals surface area contributed by atoms with Crippen LogP contribution in [0.15, 0.2) is 42.5 Å². The number of piperidine rings is 1. The van der Waals surface area contributed by atoms with Gasteiger partial charge >= 0.3 is 6.09 Å². The van der Waals surface area contributed by atoms with Crippen molar-refractivity contribution >= 4 is 12.0 Å². The fraction of sp³-hybridized carbons (Fsp3) is 0.462. The summed E-state index contributed by atoms with van der Waals surface area (Å²) in [6, 6.07) is 11.5. The zero-order valence-corrected chi connectivity index (χ0v) is 19.7. The lowest BCUT2D eigenvalue weighted by Gasteiger charge is -2.35. The second-order valence-corrected chi connectivity index (χ2v) is 9.67. The zero-order valence-electron chi connectivity index (χ0n) is 19.7. The molecule has 5 nitrogen and oxygen atoms in total. The van der Waals surface area contributed by atoms with Gasteiger partial charge in [0.15, 0.2) is 0 Å². The summed E-state index contributed by atoms with van der Waals surface area (Å²) in [6.45, 7) is 7.95. The van der Waals surface area contributed by atoms with Crippen LogP contribution in [0.25, 0.3) is 0 Å². The largest absolute Gasteiger partial charge is 0.444 e. The van der Waals surface area contributed by atoms with Crippen LogP contribution in [0.4, 0.5) is 13.6 Å². The SMILES string of the molecule is Cc1cccc(C2CCCN(C(=O)CN(Cc3ccc(F)cc3F)C(=O)OC(C)(C)C)C2)c1. The average molecular weight is 459 g/mol. The van der Waals surface area contributed by atoms with Gasteiger partial charge in [0.1, 0.15) is 23.8 Å². The van der Waals surface area contributed by atoms with Gasteiger partial charge in [-0.2, -0.15) is 0 Å². The maximum atomic E-state index is 14.3. The van der Waals surface area contributed by atoms with Gasteiger partial charge in [0.2, 0.25) is 5.91 Å². The van der Waals surface area contributed by atoms with Crippen molar-refractivity contribution in [1.82, 2.24) is 9.80 Å². The third-order valence-corrected chi connectivity index (χ3v) is 5.64. The minimum atomic E-state index is -0.777. The Balaban J connectivity index is 1.74. The van der Waals surface area contributed by atoms with E-state index in [1.54, 1.807) is 25.7 Å². The highest BCUT2D eigenvalue weighted by molar-refractivity contribution is 5.82. The van der Waals surface area contributed by atoms with Crippen molar-refractivity contribution in [2.75, 3.05) is 19.6 Å². The van der Waals surface area contributed by atoms with E-state index in [4.69, 9.17) is 4.74 Å². The minimum absolute atomic E-state index is 0.117. The topological polar surface area (TPSA) is 49.9 Å². The first kappa shape index (κ1) is 24.7. The van der Waals surface area contributed by atoms with E-state index < -0.39 is 23.3 Å². The van der Waals surface area contributed by atoms with Gasteiger partial charge in [-0.1, -0.05) is 35.9 Å². The molecule has 2 amide bonds. The van der Waals surface area contributed by atoms with Gasteiger partial charge in [-0.25, -0.2) is 13.6 Å². The number of halogens is 2. The van der Waals surface area contributed by atoms with E-state index in [2.05, 4.69) is 12.1 Å². The second kappa shape index (κ2) is 10.3. The molecular weight excluding hydrogens is 426 g/mol. The third-order valence-electron chi connectivity index (χ3n) is 5.64. The van der Waals surface area contributed by atoms with E-state index in [0.717, 1.165) is 25.0 Å². The first-order chi connectivity index (χ1) is 15.5. The zero-order chi connectivity index (χ0) is 24.2. The molecule has 1 saturated heterocycles. The van der Waals surface area contributed by atoms with Gasteiger partial charge in [0, 0.05) is 30.6 Å². The standard InChI is InChI=1S/C26H32F2N2O3/c1-18-7-5-8-19(13-18)20-9-6-12-29(15-20)24(31)17-30(25(32)33-26(2,3)4)16-21-10-11-22(27)14-23(21)28/h5,7-8,10-11,13-14,20H,6,9,12,15-17H2,1-4H3. The molecule has 1 aliphatic rings. The van der Waals surface area contributed by atoms with E-state index in [0.29, 0.717) is 13.1 Å². The van der Waals surface area contributed by atoms with Crippen molar-refractivity contribution in [3.8, 4) is 0 Å². The first-order valence-electron chi connectivity index (χ1n) is 11.3. The smallest absolute Gasteiger partial charge is 0.411 e. The molecule has 1 unspecified atom stereocenters. The molecule has 2 aromatic rings. The van der Waals surface area contributed by atoms with Crippen molar-refractivity contribution in [2.24, 2.45) is 0 Å². The van der Waals surface area contributed by atoms with Gasteiger partial charge in [-0.05, 0) is 52.2 Å². The summed E-state index contributed by atoms with van der Waals surface area (Å²) in [4.78, 5) is 28.9. The molecular formula is C26H32F2N2O3. The Morgan fingerprint density at radius 2 is 1.91 bits per heavy atom. The Hall–Kier alpha value is -2.96. The number of benzene rings is 2. The normalized spacial score (nSPS) is 16.4. The van der Waals surface area contributed by atoms with E-state index in [1.165, 1.54) is 22.1 Å². The van der Waals surface area contributed by atoms with Crippen LogP contribution in [0, 0.1) is 18.6 Å². The summed E-state index contributed by atoms with van der Waals surface area (Å²) >= 11 is 0. The van der Waals surface area contributed by atoms with Crippen LogP contribution in [0.2, 0.25) is 0 Å². The van der Waals surface area contributed by atoms with Crippen LogP contribution >= 0.6 is 0 Å². The molecule has 2 aromatic carbocycles. The van der Waals surface area contributed by atoms with Crippen LogP contribution in [-0.4, -0.2) is 47.0 Å². The summed E-state index contributed by atoms with van der Waals surface area (Å²) in [5.41, 5.74) is 1.71. The number of carbonyl (C=O) groups is 2. The highest BCUT2D eigenvalue weighted by Gasteiger charge is 2.29. The lowest BCUT2D eigenvalue weighted by molar-refractivity contribution is -0.133. The van der Waals surface area contributed by atoms with Crippen LogP contribution < -0.4 is 0 Å². The summed E-state index contributed by atoms with van der Waals surface area (Å²) in [6.07, 6.45) is 1.14. The molecule has 178 valence electrons. The number of nitrogens with zero attached hydrogens (tertiary/aromatic N) is 2. The molecule has 1 aliphatic heterocycles. The van der Waals surface area contributed by atoms with Crippen LogP contribution in [0.3, 0.4) is 0 Å². The van der Waals surface area contributed by atoms with Gasteiger partial charge in [0.25, 0.3) is 0 Å². The molecule has 7 heteroatoms. The van der Waals surface area contributed by atoms with E-state index in [9.17, 15) is 18.4 Å². The number of hydrogen-bond acceptors (Lipinski definition) is 3. The number of hydrogen-bond donors (Lipinski definition) is 0. The first-order valence-corrected chi connectivity index (χ1v) is 11.3. The van der Waals surface area contributed by atoms with Crippen LogP contribution in [0.1, 0.15) is 56.2 Å². The summed E-state index contributed by atoms with van der Waals surface area (Å²) in [5.74, 6) is -1.46. The van der Waals surface area contributed by atoms with Gasteiger partial charge in [-0.3, -0.25) is 9.69 Å². The lowest BCUT2D eigenvalue weighted by Crippen LogP contribution is -2.47. The minimum Gasteiger partial charge on any atom is -0.444 e. The fourth-order valence-electron chi connectivity index (χ4n) is 4.03. The molecule has 0 saturated carbocycles. The number of amides is 2. The summed E-state index contributed by atoms with van der Waals surface area (Å²) < 4.78 is 33.0. The third kappa shape index (κ3) is 7.01. The average Bonchev–Trinajstić information content (AvgIpc) is 2.73. The van der Waals surface area contributed by atoms with Gasteiger partial charge in [0.05, 0.1) is 6.54 Å². The Kier molecular flexibility index (Phi) is 7.72. The van der Waals surface area contributed by atoms with Crippen molar-refractivity contribution in [3.63, 3.8) is 0 Å². The molecule has 0 aliphatic carbocycles. The Bertz CT molecular complexity index is 1000. The highest BCUT2D eigenvalue weighted by atomic mass is 19.1. The summed E-state index contributed by atoms with van der Waals surface area (Å²) in [7, 11) is 0. The molecule has 1 heterocycles. The highest BCUT2D eigenvalue weighted by Crippen LogP contribution is 2.28.